The number of nitrogens with zero attached hydrogens (tertiary/aromatic N) is 1. The van der Waals surface area contributed by atoms with Crippen LogP contribution in [0.25, 0.3) is 0 Å². The molecule has 1 aromatic heterocycles. The molecule has 0 radical (unpaired) electrons. The Balaban J connectivity index is 2.52. The third-order valence-electron chi connectivity index (χ3n) is 1.48. The van der Waals surface area contributed by atoms with Crippen LogP contribution in [-0.4, -0.2) is 22.6 Å². The molecular formula is C7H12N4O. The Kier molecular flexibility index (Phi) is 2.82. The van der Waals surface area contributed by atoms with Gasteiger partial charge in [0, 0.05) is 13.0 Å². The molecule has 0 aromatic carbocycles. The van der Waals surface area contributed by atoms with E-state index < -0.39 is 0 Å². The maximum atomic E-state index is 11.0. The summed E-state index contributed by atoms with van der Waals surface area (Å²) in [6, 6.07) is 0. The highest BCUT2D eigenvalue weighted by Gasteiger charge is 2.03. The number of nitrogens with one attached hydrogen (secondary N) is 2. The Labute approximate surface area is 70.3 Å². The normalized spacial score (nSPS) is 9.83. The number of amides is 1. The number of anilines is 1. The highest BCUT2D eigenvalue weighted by atomic mass is 16.1. The molecule has 1 amide bonds. The second-order valence-corrected chi connectivity index (χ2v) is 2.50. The van der Waals surface area contributed by atoms with Gasteiger partial charge in [0.1, 0.15) is 0 Å². The molecule has 0 saturated heterocycles. The molecule has 0 spiro atoms. The summed E-state index contributed by atoms with van der Waals surface area (Å²) in [5, 5.41) is 9.16. The second kappa shape index (κ2) is 3.87. The summed E-state index contributed by atoms with van der Waals surface area (Å²) in [7, 11) is 0. The zero-order chi connectivity index (χ0) is 8.97. The number of aryl methyl sites for hydroxylation is 1. The molecule has 12 heavy (non-hydrogen) atoms. The van der Waals surface area contributed by atoms with Crippen LogP contribution >= 0.6 is 0 Å². The lowest BCUT2D eigenvalue weighted by atomic mass is 10.3. The van der Waals surface area contributed by atoms with Gasteiger partial charge in [-0.05, 0) is 6.92 Å². The number of carbonyl (C=O) groups is 1. The van der Waals surface area contributed by atoms with E-state index in [0.717, 1.165) is 5.69 Å². The van der Waals surface area contributed by atoms with Crippen molar-refractivity contribution in [3.63, 3.8) is 0 Å². The lowest BCUT2D eigenvalue weighted by Crippen LogP contribution is -2.16. The van der Waals surface area contributed by atoms with E-state index in [-0.39, 0.29) is 5.91 Å². The topological polar surface area (TPSA) is 83.8 Å². The van der Waals surface area contributed by atoms with Gasteiger partial charge in [-0.1, -0.05) is 0 Å². The standard InChI is InChI=1S/C7H12N4O/c1-5-6(4-9-11-5)10-7(12)2-3-8/h4H,2-3,8H2,1H3,(H,9,11)(H,10,12). The molecule has 0 aliphatic rings. The van der Waals surface area contributed by atoms with Gasteiger partial charge in [0.25, 0.3) is 0 Å². The van der Waals surface area contributed by atoms with Crippen molar-refractivity contribution in [3.8, 4) is 0 Å². The summed E-state index contributed by atoms with van der Waals surface area (Å²) in [5.74, 6) is -0.0815. The van der Waals surface area contributed by atoms with Gasteiger partial charge in [-0.3, -0.25) is 9.89 Å². The van der Waals surface area contributed by atoms with E-state index in [1.54, 1.807) is 6.20 Å². The second-order valence-electron chi connectivity index (χ2n) is 2.50. The van der Waals surface area contributed by atoms with E-state index in [1.165, 1.54) is 0 Å². The first-order valence-corrected chi connectivity index (χ1v) is 3.74. The first-order valence-electron chi connectivity index (χ1n) is 3.74. The molecule has 0 atom stereocenters. The highest BCUT2D eigenvalue weighted by Crippen LogP contribution is 2.08. The molecular weight excluding hydrogens is 156 g/mol. The van der Waals surface area contributed by atoms with Crippen molar-refractivity contribution in [2.24, 2.45) is 5.73 Å². The summed E-state index contributed by atoms with van der Waals surface area (Å²) < 4.78 is 0. The Bertz CT molecular complexity index is 268. The van der Waals surface area contributed by atoms with Crippen LogP contribution in [-0.2, 0) is 4.79 Å². The van der Waals surface area contributed by atoms with Gasteiger partial charge in [0.05, 0.1) is 17.6 Å². The summed E-state index contributed by atoms with van der Waals surface area (Å²) >= 11 is 0. The Morgan fingerprint density at radius 1 is 1.83 bits per heavy atom. The molecule has 0 fully saturated rings. The van der Waals surface area contributed by atoms with E-state index in [2.05, 4.69) is 15.5 Å². The van der Waals surface area contributed by atoms with E-state index in [1.807, 2.05) is 6.92 Å². The van der Waals surface area contributed by atoms with Crippen LogP contribution < -0.4 is 11.1 Å². The number of nitrogens with two attached hydrogens (primary N) is 1. The summed E-state index contributed by atoms with van der Waals surface area (Å²) in [5.41, 5.74) is 6.78. The fraction of sp³-hybridized carbons (Fsp3) is 0.429. The Hall–Kier alpha value is -1.36. The molecule has 5 heteroatoms. The minimum atomic E-state index is -0.0815. The van der Waals surface area contributed by atoms with E-state index >= 15 is 0 Å². The number of carbonyl (C=O) groups excluding carboxylic acids is 1. The highest BCUT2D eigenvalue weighted by molar-refractivity contribution is 5.91. The molecule has 0 saturated carbocycles. The van der Waals surface area contributed by atoms with Crippen molar-refractivity contribution in [2.75, 3.05) is 11.9 Å². The van der Waals surface area contributed by atoms with Gasteiger partial charge in [0.2, 0.25) is 5.91 Å². The number of aromatic nitrogens is 2. The molecule has 0 bridgehead atoms. The van der Waals surface area contributed by atoms with Gasteiger partial charge < -0.3 is 11.1 Å². The van der Waals surface area contributed by atoms with Crippen molar-refractivity contribution in [2.45, 2.75) is 13.3 Å². The Morgan fingerprint density at radius 3 is 3.08 bits per heavy atom. The largest absolute Gasteiger partial charge is 0.330 e. The van der Waals surface area contributed by atoms with Crippen molar-refractivity contribution in [3.05, 3.63) is 11.9 Å². The lowest BCUT2D eigenvalue weighted by molar-refractivity contribution is -0.116. The van der Waals surface area contributed by atoms with Gasteiger partial charge in [-0.15, -0.1) is 0 Å². The van der Waals surface area contributed by atoms with Crippen LogP contribution in [0.1, 0.15) is 12.1 Å². The van der Waals surface area contributed by atoms with Gasteiger partial charge in [-0.25, -0.2) is 0 Å². The monoisotopic (exact) mass is 168 g/mol. The maximum absolute atomic E-state index is 11.0. The molecule has 1 rings (SSSR count). The predicted molar refractivity (Wildman–Crippen MR) is 45.6 cm³/mol. The molecule has 0 aliphatic heterocycles. The molecule has 5 nitrogen and oxygen atoms in total. The van der Waals surface area contributed by atoms with Crippen molar-refractivity contribution in [1.82, 2.24) is 10.2 Å². The number of hydrogen-bond acceptors (Lipinski definition) is 3. The van der Waals surface area contributed by atoms with Crippen LogP contribution in [0.4, 0.5) is 5.69 Å². The maximum Gasteiger partial charge on any atom is 0.225 e. The summed E-state index contributed by atoms with van der Waals surface area (Å²) in [4.78, 5) is 11.0. The Morgan fingerprint density at radius 2 is 2.58 bits per heavy atom. The van der Waals surface area contributed by atoms with Crippen molar-refractivity contribution >= 4 is 11.6 Å². The van der Waals surface area contributed by atoms with Crippen molar-refractivity contribution < 1.29 is 4.79 Å². The average Bonchev–Trinajstić information content (AvgIpc) is 2.37. The summed E-state index contributed by atoms with van der Waals surface area (Å²) in [6.45, 7) is 2.20. The minimum absolute atomic E-state index is 0.0815. The van der Waals surface area contributed by atoms with E-state index in [4.69, 9.17) is 5.73 Å². The quantitative estimate of drug-likeness (QED) is 0.594. The fourth-order valence-corrected chi connectivity index (χ4v) is 0.821. The first-order chi connectivity index (χ1) is 5.74. The zero-order valence-corrected chi connectivity index (χ0v) is 6.92. The molecule has 0 unspecified atom stereocenters. The predicted octanol–water partition coefficient (Wildman–Crippen LogP) is 0.00542. The molecule has 0 aliphatic carbocycles. The van der Waals surface area contributed by atoms with Crippen molar-refractivity contribution in [1.29, 1.82) is 0 Å². The summed E-state index contributed by atoms with van der Waals surface area (Å²) in [6.07, 6.45) is 1.91. The average molecular weight is 168 g/mol. The first kappa shape index (κ1) is 8.73. The third-order valence-corrected chi connectivity index (χ3v) is 1.48. The molecule has 66 valence electrons. The van der Waals surface area contributed by atoms with Crippen LogP contribution in [0, 0.1) is 6.92 Å². The van der Waals surface area contributed by atoms with Gasteiger partial charge >= 0.3 is 0 Å². The van der Waals surface area contributed by atoms with E-state index in [9.17, 15) is 4.79 Å². The van der Waals surface area contributed by atoms with E-state index in [0.29, 0.717) is 18.7 Å². The third kappa shape index (κ3) is 2.06. The smallest absolute Gasteiger partial charge is 0.225 e. The minimum Gasteiger partial charge on any atom is -0.330 e. The molecule has 1 aromatic rings. The van der Waals surface area contributed by atoms with Gasteiger partial charge in [-0.2, -0.15) is 5.10 Å². The molecule has 1 heterocycles. The van der Waals surface area contributed by atoms with Crippen LogP contribution in [0.2, 0.25) is 0 Å². The zero-order valence-electron chi connectivity index (χ0n) is 6.92. The van der Waals surface area contributed by atoms with Gasteiger partial charge in [0.15, 0.2) is 0 Å². The lowest BCUT2D eigenvalue weighted by Gasteiger charge is -2.00. The number of rotatable bonds is 3. The van der Waals surface area contributed by atoms with Crippen LogP contribution in [0.5, 0.6) is 0 Å². The number of hydrogen-bond donors (Lipinski definition) is 3. The van der Waals surface area contributed by atoms with Crippen LogP contribution in [0.3, 0.4) is 0 Å². The SMILES string of the molecule is Cc1[nH]ncc1NC(=O)CCN. The number of aromatic amines is 1. The fourth-order valence-electron chi connectivity index (χ4n) is 0.821. The molecule has 4 N–H and O–H groups in total. The number of H-pyrrole nitrogens is 1. The van der Waals surface area contributed by atoms with Crippen LogP contribution in [0.15, 0.2) is 6.20 Å².